The topological polar surface area (TPSA) is 52.3 Å². The lowest BCUT2D eigenvalue weighted by atomic mass is 9.84. The third-order valence-corrected chi connectivity index (χ3v) is 4.76. The van der Waals surface area contributed by atoms with Crippen molar-refractivity contribution in [1.29, 1.82) is 0 Å². The molecule has 3 rings (SSSR count). The lowest BCUT2D eigenvalue weighted by Gasteiger charge is -2.34. The second-order valence-corrected chi connectivity index (χ2v) is 6.43. The van der Waals surface area contributed by atoms with Crippen LogP contribution in [0, 0.1) is 12.8 Å². The predicted molar refractivity (Wildman–Crippen MR) is 97.4 cm³/mol. The lowest BCUT2D eigenvalue weighted by Crippen LogP contribution is -2.42. The van der Waals surface area contributed by atoms with E-state index in [2.05, 4.69) is 4.98 Å². The number of hydrogen-bond donors (Lipinski definition) is 0. The molecular weight excluding hydrogens is 338 g/mol. The first kappa shape index (κ1) is 17.6. The number of aromatic nitrogens is 1. The molecule has 1 aromatic carbocycles. The predicted octanol–water partition coefficient (Wildman–Crippen LogP) is 4.48. The van der Waals surface area contributed by atoms with Crippen LogP contribution in [0.1, 0.15) is 18.6 Å². The Labute approximate surface area is 152 Å². The first-order valence-corrected chi connectivity index (χ1v) is 8.66. The fourth-order valence-electron chi connectivity index (χ4n) is 2.91. The fraction of sp³-hybridized carbons (Fsp3) is 0.300. The molecule has 2 atom stereocenters. The quantitative estimate of drug-likeness (QED) is 0.565. The zero-order valence-electron chi connectivity index (χ0n) is 14.2. The molecule has 130 valence electrons. The lowest BCUT2D eigenvalue weighted by molar-refractivity contribution is -0.118. The van der Waals surface area contributed by atoms with Gasteiger partial charge in [-0.3, -0.25) is 0 Å². The molecule has 2 aromatic rings. The van der Waals surface area contributed by atoms with Gasteiger partial charge in [-0.05, 0) is 13.8 Å². The maximum absolute atomic E-state index is 11.5. The van der Waals surface area contributed by atoms with Crippen LogP contribution in [0.2, 0.25) is 0 Å². The summed E-state index contributed by atoms with van der Waals surface area (Å²) in [6.07, 6.45) is 6.50. The van der Waals surface area contributed by atoms with Crippen LogP contribution >= 0.6 is 11.6 Å². The molecule has 0 amide bonds. The van der Waals surface area contributed by atoms with Crippen LogP contribution < -0.4 is 0 Å². The van der Waals surface area contributed by atoms with Crippen molar-refractivity contribution < 1.29 is 13.9 Å². The summed E-state index contributed by atoms with van der Waals surface area (Å²) >= 11 is 6.14. The van der Waals surface area contributed by atoms with Crippen LogP contribution in [0.4, 0.5) is 0 Å². The van der Waals surface area contributed by atoms with Crippen molar-refractivity contribution in [1.82, 2.24) is 4.98 Å². The number of hydrogen-bond acceptors (Lipinski definition) is 4. The molecule has 4 nitrogen and oxygen atoms in total. The molecule has 1 aliphatic carbocycles. The Morgan fingerprint density at radius 2 is 2.08 bits per heavy atom. The summed E-state index contributed by atoms with van der Waals surface area (Å²) < 4.78 is 11.7. The molecule has 0 bridgehead atoms. The third kappa shape index (κ3) is 3.60. The van der Waals surface area contributed by atoms with Gasteiger partial charge in [0.25, 0.3) is 0 Å². The van der Waals surface area contributed by atoms with Gasteiger partial charge in [0.15, 0.2) is 0 Å². The first-order chi connectivity index (χ1) is 12.1. The Morgan fingerprint density at radius 1 is 1.32 bits per heavy atom. The SMILES string of the molecule is CC1=CC(C=O)C(CCl)(OCc2nc(-c3ccccc3)c(C)o2)C=C1. The molecule has 1 heterocycles. The second kappa shape index (κ2) is 7.38. The summed E-state index contributed by atoms with van der Waals surface area (Å²) in [6, 6.07) is 9.83. The van der Waals surface area contributed by atoms with Crippen molar-refractivity contribution in [3.05, 3.63) is 65.8 Å². The van der Waals surface area contributed by atoms with Gasteiger partial charge in [0.2, 0.25) is 5.89 Å². The number of halogens is 1. The van der Waals surface area contributed by atoms with Gasteiger partial charge >= 0.3 is 0 Å². The van der Waals surface area contributed by atoms with Crippen LogP contribution in [0.3, 0.4) is 0 Å². The van der Waals surface area contributed by atoms with Crippen LogP contribution in [-0.2, 0) is 16.1 Å². The highest BCUT2D eigenvalue weighted by Gasteiger charge is 2.38. The van der Waals surface area contributed by atoms with E-state index in [0.29, 0.717) is 5.89 Å². The zero-order valence-corrected chi connectivity index (χ0v) is 15.0. The number of nitrogens with zero attached hydrogens (tertiary/aromatic N) is 1. The van der Waals surface area contributed by atoms with Gasteiger partial charge in [-0.2, -0.15) is 0 Å². The van der Waals surface area contributed by atoms with Crippen LogP contribution in [-0.4, -0.2) is 22.8 Å². The number of benzene rings is 1. The van der Waals surface area contributed by atoms with E-state index in [-0.39, 0.29) is 12.5 Å². The van der Waals surface area contributed by atoms with E-state index < -0.39 is 11.5 Å². The number of aldehydes is 1. The molecule has 1 aliphatic rings. The van der Waals surface area contributed by atoms with Crippen molar-refractivity contribution in [3.8, 4) is 11.3 Å². The highest BCUT2D eigenvalue weighted by atomic mass is 35.5. The van der Waals surface area contributed by atoms with Crippen molar-refractivity contribution >= 4 is 17.9 Å². The van der Waals surface area contributed by atoms with Gasteiger partial charge in [0, 0.05) is 5.56 Å². The molecule has 0 fully saturated rings. The number of carbonyl (C=O) groups is 1. The van der Waals surface area contributed by atoms with Crippen LogP contribution in [0.5, 0.6) is 0 Å². The number of rotatable bonds is 6. The van der Waals surface area contributed by atoms with Crippen molar-refractivity contribution in [2.24, 2.45) is 5.92 Å². The van der Waals surface area contributed by atoms with Crippen molar-refractivity contribution in [2.75, 3.05) is 5.88 Å². The maximum Gasteiger partial charge on any atom is 0.221 e. The van der Waals surface area contributed by atoms with Gasteiger partial charge in [-0.15, -0.1) is 11.6 Å². The smallest absolute Gasteiger partial charge is 0.221 e. The minimum atomic E-state index is -0.877. The average molecular weight is 358 g/mol. The van der Waals surface area contributed by atoms with Gasteiger partial charge in [-0.1, -0.05) is 54.1 Å². The summed E-state index contributed by atoms with van der Waals surface area (Å²) in [5.41, 5.74) is 1.92. The largest absolute Gasteiger partial charge is 0.443 e. The number of oxazole rings is 1. The monoisotopic (exact) mass is 357 g/mol. The Hall–Kier alpha value is -2.17. The van der Waals surface area contributed by atoms with Gasteiger partial charge in [0.1, 0.15) is 29.9 Å². The summed E-state index contributed by atoms with van der Waals surface area (Å²) in [5, 5.41) is 0. The normalized spacial score (nSPS) is 22.7. The minimum absolute atomic E-state index is 0.141. The van der Waals surface area contributed by atoms with E-state index in [1.807, 2.05) is 62.4 Å². The van der Waals surface area contributed by atoms with Gasteiger partial charge in [0.05, 0.1) is 11.8 Å². The molecular formula is C20H20ClNO3. The standard InChI is InChI=1S/C20H20ClNO3/c1-14-8-9-20(13-21,17(10-14)11-23)24-12-18-22-19(15(2)25-18)16-6-4-3-5-7-16/h3-11,17H,12-13H2,1-2H3. The van der Waals surface area contributed by atoms with Gasteiger partial charge < -0.3 is 13.9 Å². The number of allylic oxidation sites excluding steroid dienone is 2. The number of aryl methyl sites for hydroxylation is 1. The van der Waals surface area contributed by atoms with E-state index in [9.17, 15) is 4.79 Å². The average Bonchev–Trinajstić information content (AvgIpc) is 3.02. The number of carbonyl (C=O) groups excluding carboxylic acids is 1. The highest BCUT2D eigenvalue weighted by Crippen LogP contribution is 2.32. The molecule has 0 saturated carbocycles. The molecule has 2 unspecified atom stereocenters. The first-order valence-electron chi connectivity index (χ1n) is 8.12. The number of ether oxygens (including phenoxy) is 1. The number of alkyl halides is 1. The molecule has 0 saturated heterocycles. The summed E-state index contributed by atoms with van der Waals surface area (Å²) in [5.74, 6) is 0.929. The van der Waals surface area contributed by atoms with E-state index in [1.54, 1.807) is 0 Å². The van der Waals surface area contributed by atoms with E-state index in [1.165, 1.54) is 0 Å². The highest BCUT2D eigenvalue weighted by molar-refractivity contribution is 6.19. The van der Waals surface area contributed by atoms with Gasteiger partial charge in [-0.25, -0.2) is 4.98 Å². The molecule has 1 aromatic heterocycles. The molecule has 0 spiro atoms. The van der Waals surface area contributed by atoms with Crippen LogP contribution in [0.15, 0.2) is 58.6 Å². The molecule has 0 N–H and O–H groups in total. The Morgan fingerprint density at radius 3 is 2.76 bits per heavy atom. The summed E-state index contributed by atoms with van der Waals surface area (Å²) in [4.78, 5) is 16.0. The summed E-state index contributed by atoms with van der Waals surface area (Å²) in [6.45, 7) is 3.95. The van der Waals surface area contributed by atoms with E-state index >= 15 is 0 Å². The maximum atomic E-state index is 11.5. The van der Waals surface area contributed by atoms with Crippen molar-refractivity contribution in [2.45, 2.75) is 26.1 Å². The van der Waals surface area contributed by atoms with E-state index in [0.717, 1.165) is 28.9 Å². The zero-order chi connectivity index (χ0) is 17.9. The molecule has 0 aliphatic heterocycles. The third-order valence-electron chi connectivity index (χ3n) is 4.34. The van der Waals surface area contributed by atoms with Crippen molar-refractivity contribution in [3.63, 3.8) is 0 Å². The Bertz CT molecular complexity index is 810. The van der Waals surface area contributed by atoms with Crippen LogP contribution in [0.25, 0.3) is 11.3 Å². The molecule has 0 radical (unpaired) electrons. The minimum Gasteiger partial charge on any atom is -0.443 e. The Kier molecular flexibility index (Phi) is 5.21. The Balaban J connectivity index is 1.79. The molecule has 25 heavy (non-hydrogen) atoms. The summed E-state index contributed by atoms with van der Waals surface area (Å²) in [7, 11) is 0. The fourth-order valence-corrected chi connectivity index (χ4v) is 3.25. The second-order valence-electron chi connectivity index (χ2n) is 6.16. The van der Waals surface area contributed by atoms with E-state index in [4.69, 9.17) is 20.8 Å². The molecule has 5 heteroatoms.